The van der Waals surface area contributed by atoms with Crippen LogP contribution in [0.15, 0.2) is 67.8 Å². The molecule has 91 heavy (non-hydrogen) atoms. The number of nitrogens with two attached hydrogens (primary N) is 6. The molecule has 6 aliphatic heterocycles. The Labute approximate surface area is 540 Å². The van der Waals surface area contributed by atoms with Crippen LogP contribution in [-0.2, 0) is 68.7 Å². The molecule has 7 amide bonds. The van der Waals surface area contributed by atoms with Crippen molar-refractivity contribution in [2.75, 3.05) is 6.61 Å². The van der Waals surface area contributed by atoms with Gasteiger partial charge in [0, 0.05) is 108 Å². The minimum absolute atomic E-state index is 0. The van der Waals surface area contributed by atoms with Gasteiger partial charge in [-0.15, -0.1) is 0 Å². The third-order valence-corrected chi connectivity index (χ3v) is 21.3. The number of phosphoric acid groups is 1. The predicted octanol–water partition coefficient (Wildman–Crippen LogP) is 4.35. The molecular formula is C62H90CoN13O14P. The molecule has 2 fully saturated rings. The molecule has 27 nitrogen and oxygen atoms in total. The number of amides is 7. The smallest absolute Gasteiger partial charge is 0.680 e. The van der Waals surface area contributed by atoms with Gasteiger partial charge in [-0.2, -0.15) is 5.70 Å². The summed E-state index contributed by atoms with van der Waals surface area (Å²) in [5.41, 5.74) is 36.5. The summed E-state index contributed by atoms with van der Waals surface area (Å²) < 4.78 is 32.3. The molecule has 2 unspecified atom stereocenters. The van der Waals surface area contributed by atoms with Crippen LogP contribution in [0.3, 0.4) is 0 Å². The first-order valence-corrected chi connectivity index (χ1v) is 31.5. The average Bonchev–Trinajstić information content (AvgIpc) is 1.53. The van der Waals surface area contributed by atoms with E-state index in [1.807, 2.05) is 66.7 Å². The Morgan fingerprint density at radius 2 is 1.36 bits per heavy atom. The number of primary amides is 6. The molecule has 7 heterocycles. The quantitative estimate of drug-likeness (QED) is 0.0375. The first-order chi connectivity index (χ1) is 41.3. The normalized spacial score (nSPS) is 33.7. The molecule has 15 atom stereocenters. The van der Waals surface area contributed by atoms with Gasteiger partial charge in [0.1, 0.15) is 24.5 Å². The summed E-state index contributed by atoms with van der Waals surface area (Å²) in [5, 5.41) is 30.1. The molecule has 1 radical (unpaired) electrons. The van der Waals surface area contributed by atoms with Gasteiger partial charge >= 0.3 is 24.6 Å². The van der Waals surface area contributed by atoms with E-state index in [2.05, 4.69) is 10.3 Å². The topological polar surface area (TPSA) is 462 Å². The van der Waals surface area contributed by atoms with Crippen LogP contribution in [0.2, 0.25) is 0 Å². The predicted molar refractivity (Wildman–Crippen MR) is 335 cm³/mol. The fourth-order valence-electron chi connectivity index (χ4n) is 15.3. The standard InChI is InChI=1S/C61H88N13O14P.CH3.Co/c1-28-20-38-39(21-29(28)2)74(27-68-38)56-51(83)52(40(26-75)86-56)88-89(84,85)87-32(5)69-48(82)18-19-58(8)36(22-45(65)79)55-61(11)60(10,25-47(67)81)35(14-17-44(64)78)50(73-61)31(4)54-59(9,24-46(66)80)33(12-15-42(62)76)37(70-54)23-41-57(6,7)34(13-16-43(63)77)49(71-41)30(3)53(58)72-55;;/h20-21,23,27,32-36,40,51-52,55-56,75,83H,12-19,22,24-26H2,1-11H3,(H15,62,63,64,65,66,67,69,70,71,72,73,76,77,78,79,80,81,82,84,85);1H3;/q;-1;+2/p-1/t32-,33-,34-,35-,36+,40-,51-,52-,55?,56+,58-,59+,60+,61+;;/m1../s1. The molecular weight excluding hydrogens is 1240 g/mol. The molecule has 29 heteroatoms. The number of nitrogens with one attached hydrogen (secondary N) is 1. The van der Waals surface area contributed by atoms with E-state index in [9.17, 15) is 53.2 Å². The maximum atomic E-state index is 14.4. The van der Waals surface area contributed by atoms with E-state index in [-0.39, 0.29) is 94.8 Å². The number of hydrogen-bond acceptors (Lipinski definition) is 17. The van der Waals surface area contributed by atoms with Crippen LogP contribution in [-0.4, -0.2) is 126 Å². The van der Waals surface area contributed by atoms with Crippen molar-refractivity contribution in [2.24, 2.45) is 94.7 Å². The second-order valence-electron chi connectivity index (χ2n) is 26.6. The van der Waals surface area contributed by atoms with Crippen molar-refractivity contribution < 1.29 is 83.8 Å². The number of aliphatic imine (C=N–C) groups is 3. The van der Waals surface area contributed by atoms with Crippen molar-refractivity contribution >= 4 is 77.3 Å². The molecule has 6 aliphatic rings. The van der Waals surface area contributed by atoms with E-state index in [0.717, 1.165) is 11.1 Å². The van der Waals surface area contributed by atoms with Gasteiger partial charge in [0.15, 0.2) is 6.23 Å². The molecule has 8 bridgehead atoms. The number of fused-ring (bicyclic) bond motifs is 7. The van der Waals surface area contributed by atoms with Crippen LogP contribution in [0.1, 0.15) is 150 Å². The molecule has 0 spiro atoms. The molecule has 1 aromatic heterocycles. The second-order valence-corrected chi connectivity index (χ2v) is 28.0. The number of benzene rings is 1. The molecule has 1 aromatic carbocycles. The zero-order valence-corrected chi connectivity index (χ0v) is 55.8. The molecule has 501 valence electrons. The minimum atomic E-state index is -5.20. The molecule has 0 aliphatic carbocycles. The zero-order chi connectivity index (χ0) is 66.0. The van der Waals surface area contributed by atoms with E-state index < -0.39 is 143 Å². The van der Waals surface area contributed by atoms with Crippen LogP contribution < -0.4 is 39.7 Å². The Bertz CT molecular complexity index is 3530. The van der Waals surface area contributed by atoms with Gasteiger partial charge in [-0.1, -0.05) is 47.1 Å². The van der Waals surface area contributed by atoms with E-state index in [1.165, 1.54) is 17.8 Å². The SMILES string of the molecule is C/C1=C2N=C(/C=C3N=C(/C(C)=C4\[N-][C@@](C)(C5N=C1[C@](C)(CCC(=O)N[C@@H](C)OP(=O)(O)O[C@H]1[C@@H](O)[C@@H](n6cnc7cc(C)c(C)cc76)O[C@@H]1CO)[C@H]5CC(N)=O)[C@@](C)(CC(N)=O)[C@@H]4CCC(N)=O)[C@@](C)(CC(N)=O)[C@@H]\3CCC(N)=O)C(C)(C)[C@@H]/2CCC(N)=O.[CH3-].[Co+2]. The number of rotatable bonds is 25. The van der Waals surface area contributed by atoms with Crippen molar-refractivity contribution in [3.63, 3.8) is 0 Å². The number of aliphatic hydroxyl groups excluding tert-OH is 2. The second kappa shape index (κ2) is 27.2. The summed E-state index contributed by atoms with van der Waals surface area (Å²) in [6.07, 6.45) is -5.28. The first kappa shape index (κ1) is 73.6. The number of aromatic nitrogens is 2. The Morgan fingerprint density at radius 1 is 0.780 bits per heavy atom. The van der Waals surface area contributed by atoms with Crippen LogP contribution in [0.25, 0.3) is 16.4 Å². The molecule has 2 aromatic rings. The number of hydrogen-bond donors (Lipinski definition) is 10. The average molecular weight is 1330 g/mol. The first-order valence-electron chi connectivity index (χ1n) is 30.0. The third kappa shape index (κ3) is 13.9. The summed E-state index contributed by atoms with van der Waals surface area (Å²) in [4.78, 5) is 125. The van der Waals surface area contributed by atoms with E-state index in [4.69, 9.17) is 68.5 Å². The summed E-state index contributed by atoms with van der Waals surface area (Å²) in [6.45, 7) is 19.2. The van der Waals surface area contributed by atoms with Crippen LogP contribution in [0.4, 0.5) is 0 Å². The van der Waals surface area contributed by atoms with E-state index >= 15 is 0 Å². The van der Waals surface area contributed by atoms with Crippen molar-refractivity contribution in [1.82, 2.24) is 14.9 Å². The van der Waals surface area contributed by atoms with Gasteiger partial charge in [-0.3, -0.25) is 57.6 Å². The number of aliphatic hydroxyl groups is 2. The van der Waals surface area contributed by atoms with E-state index in [1.54, 1.807) is 20.8 Å². The summed E-state index contributed by atoms with van der Waals surface area (Å²) in [7, 11) is -5.20. The Morgan fingerprint density at radius 3 is 1.93 bits per heavy atom. The van der Waals surface area contributed by atoms with Crippen molar-refractivity contribution in [1.29, 1.82) is 0 Å². The maximum Gasteiger partial charge on any atom is 2.00 e. The van der Waals surface area contributed by atoms with E-state index in [0.29, 0.717) is 56.4 Å². The Hall–Kier alpha value is -6.49. The Balaban J connectivity index is 0.00000658. The molecule has 0 saturated carbocycles. The summed E-state index contributed by atoms with van der Waals surface area (Å²) in [5.74, 6) is -7.63. The fraction of sp³-hybridized carbons (Fsp3) is 0.613. The van der Waals surface area contributed by atoms with Gasteiger partial charge < -0.3 is 76.9 Å². The van der Waals surface area contributed by atoms with Crippen molar-refractivity contribution in [3.8, 4) is 0 Å². The molecule has 16 N–H and O–H groups in total. The minimum Gasteiger partial charge on any atom is -0.680 e. The van der Waals surface area contributed by atoms with Gasteiger partial charge in [-0.05, 0) is 118 Å². The van der Waals surface area contributed by atoms with Crippen LogP contribution in [0.5, 0.6) is 0 Å². The monoisotopic (exact) mass is 1330 g/mol. The van der Waals surface area contributed by atoms with Crippen LogP contribution >= 0.6 is 7.82 Å². The van der Waals surface area contributed by atoms with Gasteiger partial charge in [-0.25, -0.2) is 9.55 Å². The summed E-state index contributed by atoms with van der Waals surface area (Å²) >= 11 is 0. The van der Waals surface area contributed by atoms with Gasteiger partial charge in [0.25, 0.3) is 0 Å². The third-order valence-electron chi connectivity index (χ3n) is 20.2. The number of allylic oxidation sites excluding steroid dienone is 6. The summed E-state index contributed by atoms with van der Waals surface area (Å²) in [6, 6.07) is 2.63. The number of aryl methyl sites for hydroxylation is 2. The van der Waals surface area contributed by atoms with Gasteiger partial charge in [0.2, 0.25) is 41.4 Å². The number of nitrogens with zero attached hydrogens (tertiary/aromatic N) is 6. The number of carbonyl (C=O) groups is 7. The Kier molecular flexibility index (Phi) is 22.0. The maximum absolute atomic E-state index is 14.4. The molecule has 2 saturated heterocycles. The number of imidazole rings is 1. The number of phosphoric ester groups is 1. The largest absolute Gasteiger partial charge is 2.00 e. The van der Waals surface area contributed by atoms with Crippen molar-refractivity contribution in [3.05, 3.63) is 76.6 Å². The zero-order valence-electron chi connectivity index (χ0n) is 53.8. The number of ether oxygens (including phenoxy) is 1. The van der Waals surface area contributed by atoms with Crippen LogP contribution in [0, 0.1) is 66.6 Å². The molecule has 8 rings (SSSR count). The van der Waals surface area contributed by atoms with Crippen molar-refractivity contribution in [2.45, 2.75) is 189 Å². The number of carbonyl (C=O) groups excluding carboxylic acids is 7. The fourth-order valence-corrected chi connectivity index (χ4v) is 16.3. The van der Waals surface area contributed by atoms with Gasteiger partial charge in [0.05, 0.1) is 24.0 Å².